The SMILES string of the molecule is Cc1cccc(CC(=O)N2CCC3(CCc4ccccc4O3)CC2)c1. The van der Waals surface area contributed by atoms with Crippen LogP contribution in [0.4, 0.5) is 0 Å². The lowest BCUT2D eigenvalue weighted by Crippen LogP contribution is -2.51. The van der Waals surface area contributed by atoms with Gasteiger partial charge in [0.1, 0.15) is 11.4 Å². The predicted molar refractivity (Wildman–Crippen MR) is 98.8 cm³/mol. The summed E-state index contributed by atoms with van der Waals surface area (Å²) in [6.45, 7) is 3.66. The second kappa shape index (κ2) is 6.55. The molecule has 25 heavy (non-hydrogen) atoms. The largest absolute Gasteiger partial charge is 0.487 e. The molecule has 2 heterocycles. The number of benzene rings is 2. The number of rotatable bonds is 2. The molecule has 2 aromatic rings. The summed E-state index contributed by atoms with van der Waals surface area (Å²) in [5.41, 5.74) is 3.55. The van der Waals surface area contributed by atoms with Crippen molar-refractivity contribution in [2.45, 2.75) is 44.6 Å². The smallest absolute Gasteiger partial charge is 0.226 e. The fourth-order valence-electron chi connectivity index (χ4n) is 4.08. The topological polar surface area (TPSA) is 29.5 Å². The third-order valence-electron chi connectivity index (χ3n) is 5.61. The molecule has 0 atom stereocenters. The van der Waals surface area contributed by atoms with Crippen LogP contribution in [0, 0.1) is 6.92 Å². The lowest BCUT2D eigenvalue weighted by molar-refractivity contribution is -0.134. The molecular weight excluding hydrogens is 310 g/mol. The maximum absolute atomic E-state index is 12.6. The molecule has 1 fully saturated rings. The van der Waals surface area contributed by atoms with Gasteiger partial charge >= 0.3 is 0 Å². The van der Waals surface area contributed by atoms with Gasteiger partial charge in [0.25, 0.3) is 0 Å². The van der Waals surface area contributed by atoms with Gasteiger partial charge in [-0.1, -0.05) is 48.0 Å². The monoisotopic (exact) mass is 335 g/mol. The van der Waals surface area contributed by atoms with Crippen molar-refractivity contribution in [3.8, 4) is 5.75 Å². The number of aryl methyl sites for hydroxylation is 2. The van der Waals surface area contributed by atoms with Gasteiger partial charge in [-0.2, -0.15) is 0 Å². The Morgan fingerprint density at radius 2 is 1.88 bits per heavy atom. The molecule has 2 aliphatic heterocycles. The fraction of sp³-hybridized carbons (Fsp3) is 0.409. The number of nitrogens with zero attached hydrogens (tertiary/aromatic N) is 1. The number of hydrogen-bond acceptors (Lipinski definition) is 2. The number of carbonyl (C=O) groups excluding carboxylic acids is 1. The van der Waals surface area contributed by atoms with Crippen LogP contribution in [-0.2, 0) is 17.6 Å². The second-order valence-electron chi connectivity index (χ2n) is 7.44. The lowest BCUT2D eigenvalue weighted by Gasteiger charge is -2.44. The Morgan fingerprint density at radius 1 is 1.08 bits per heavy atom. The van der Waals surface area contributed by atoms with Crippen LogP contribution >= 0.6 is 0 Å². The molecule has 0 radical (unpaired) electrons. The van der Waals surface area contributed by atoms with Crippen LogP contribution in [0.25, 0.3) is 0 Å². The van der Waals surface area contributed by atoms with Crippen LogP contribution in [0.2, 0.25) is 0 Å². The Morgan fingerprint density at radius 3 is 2.68 bits per heavy atom. The number of ether oxygens (including phenoxy) is 1. The Kier molecular flexibility index (Phi) is 4.24. The molecule has 4 rings (SSSR count). The van der Waals surface area contributed by atoms with E-state index >= 15 is 0 Å². The number of carbonyl (C=O) groups is 1. The summed E-state index contributed by atoms with van der Waals surface area (Å²) in [5, 5.41) is 0. The zero-order valence-corrected chi connectivity index (χ0v) is 14.8. The number of likely N-dealkylation sites (tertiary alicyclic amines) is 1. The first-order valence-electron chi connectivity index (χ1n) is 9.24. The molecule has 0 bridgehead atoms. The van der Waals surface area contributed by atoms with Gasteiger partial charge in [0.2, 0.25) is 5.91 Å². The molecule has 3 nitrogen and oxygen atoms in total. The first kappa shape index (κ1) is 16.2. The van der Waals surface area contributed by atoms with Gasteiger partial charge in [-0.3, -0.25) is 4.79 Å². The van der Waals surface area contributed by atoms with E-state index in [9.17, 15) is 4.79 Å². The van der Waals surface area contributed by atoms with E-state index in [1.165, 1.54) is 11.1 Å². The lowest BCUT2D eigenvalue weighted by atomic mass is 9.83. The van der Waals surface area contributed by atoms with Crippen molar-refractivity contribution in [2.75, 3.05) is 13.1 Å². The highest BCUT2D eigenvalue weighted by molar-refractivity contribution is 5.79. The van der Waals surface area contributed by atoms with Gasteiger partial charge in [0.15, 0.2) is 0 Å². The number of para-hydroxylation sites is 1. The van der Waals surface area contributed by atoms with E-state index < -0.39 is 0 Å². The van der Waals surface area contributed by atoms with Gasteiger partial charge in [-0.25, -0.2) is 0 Å². The van der Waals surface area contributed by atoms with E-state index in [4.69, 9.17) is 4.74 Å². The van der Waals surface area contributed by atoms with Gasteiger partial charge < -0.3 is 9.64 Å². The quantitative estimate of drug-likeness (QED) is 0.832. The van der Waals surface area contributed by atoms with Gasteiger partial charge in [0, 0.05) is 25.9 Å². The molecule has 0 aliphatic carbocycles. The summed E-state index contributed by atoms with van der Waals surface area (Å²) in [7, 11) is 0. The van der Waals surface area contributed by atoms with Crippen molar-refractivity contribution < 1.29 is 9.53 Å². The summed E-state index contributed by atoms with van der Waals surface area (Å²) in [6, 6.07) is 16.6. The summed E-state index contributed by atoms with van der Waals surface area (Å²) >= 11 is 0. The van der Waals surface area contributed by atoms with Crippen LogP contribution in [0.5, 0.6) is 5.75 Å². The van der Waals surface area contributed by atoms with E-state index in [-0.39, 0.29) is 11.5 Å². The normalized spacial score (nSPS) is 18.5. The number of hydrogen-bond donors (Lipinski definition) is 0. The summed E-state index contributed by atoms with van der Waals surface area (Å²) in [4.78, 5) is 14.6. The van der Waals surface area contributed by atoms with Crippen LogP contribution < -0.4 is 4.74 Å². The van der Waals surface area contributed by atoms with Gasteiger partial charge in [0.05, 0.1) is 6.42 Å². The first-order valence-corrected chi connectivity index (χ1v) is 9.24. The summed E-state index contributed by atoms with van der Waals surface area (Å²) < 4.78 is 6.38. The molecule has 0 N–H and O–H groups in total. The molecule has 0 saturated carbocycles. The Labute approximate surface area is 149 Å². The Bertz CT molecular complexity index is 775. The molecule has 1 amide bonds. The average molecular weight is 335 g/mol. The Hall–Kier alpha value is -2.29. The molecular formula is C22H25NO2. The van der Waals surface area contributed by atoms with E-state index in [2.05, 4.69) is 37.3 Å². The third-order valence-corrected chi connectivity index (χ3v) is 5.61. The molecule has 1 saturated heterocycles. The van der Waals surface area contributed by atoms with Crippen LogP contribution in [0.1, 0.15) is 36.0 Å². The van der Waals surface area contributed by atoms with Crippen LogP contribution in [-0.4, -0.2) is 29.5 Å². The molecule has 130 valence electrons. The van der Waals surface area contributed by atoms with Crippen molar-refractivity contribution >= 4 is 5.91 Å². The average Bonchev–Trinajstić information content (AvgIpc) is 2.62. The molecule has 0 aromatic heterocycles. The Balaban J connectivity index is 1.38. The third kappa shape index (κ3) is 3.41. The molecule has 1 spiro atoms. The van der Waals surface area contributed by atoms with E-state index in [1.54, 1.807) is 0 Å². The maximum atomic E-state index is 12.6. The minimum Gasteiger partial charge on any atom is -0.487 e. The van der Waals surface area contributed by atoms with E-state index in [0.717, 1.165) is 50.1 Å². The standard InChI is InChI=1S/C22H25NO2/c1-17-5-4-6-18(15-17)16-21(24)23-13-11-22(12-14-23)10-9-19-7-2-3-8-20(19)25-22/h2-8,15H,9-14,16H2,1H3. The zero-order chi connectivity index (χ0) is 17.3. The zero-order valence-electron chi connectivity index (χ0n) is 14.8. The second-order valence-corrected chi connectivity index (χ2v) is 7.44. The van der Waals surface area contributed by atoms with E-state index in [1.807, 2.05) is 23.1 Å². The highest BCUT2D eigenvalue weighted by Crippen LogP contribution is 2.39. The summed E-state index contributed by atoms with van der Waals surface area (Å²) in [6.07, 6.45) is 4.50. The van der Waals surface area contributed by atoms with Crippen molar-refractivity contribution in [2.24, 2.45) is 0 Å². The van der Waals surface area contributed by atoms with E-state index in [0.29, 0.717) is 6.42 Å². The van der Waals surface area contributed by atoms with Crippen molar-refractivity contribution in [3.63, 3.8) is 0 Å². The molecule has 2 aromatic carbocycles. The maximum Gasteiger partial charge on any atom is 0.226 e. The number of fused-ring (bicyclic) bond motifs is 1. The first-order chi connectivity index (χ1) is 12.1. The van der Waals surface area contributed by atoms with Gasteiger partial charge in [-0.05, 0) is 37.0 Å². The molecule has 2 aliphatic rings. The predicted octanol–water partition coefficient (Wildman–Crippen LogP) is 3.92. The number of piperidine rings is 1. The molecule has 3 heteroatoms. The fourth-order valence-corrected chi connectivity index (χ4v) is 4.08. The van der Waals surface area contributed by atoms with Crippen molar-refractivity contribution in [1.29, 1.82) is 0 Å². The van der Waals surface area contributed by atoms with Crippen molar-refractivity contribution in [3.05, 3.63) is 65.2 Å². The molecule has 0 unspecified atom stereocenters. The van der Waals surface area contributed by atoms with Crippen LogP contribution in [0.15, 0.2) is 48.5 Å². The van der Waals surface area contributed by atoms with Crippen LogP contribution in [0.3, 0.4) is 0 Å². The highest BCUT2D eigenvalue weighted by atomic mass is 16.5. The number of amides is 1. The van der Waals surface area contributed by atoms with Gasteiger partial charge in [-0.15, -0.1) is 0 Å². The van der Waals surface area contributed by atoms with Crippen molar-refractivity contribution in [1.82, 2.24) is 4.90 Å². The minimum absolute atomic E-state index is 0.0749. The summed E-state index contributed by atoms with van der Waals surface area (Å²) in [5.74, 6) is 1.27. The minimum atomic E-state index is -0.0749. The highest BCUT2D eigenvalue weighted by Gasteiger charge is 2.40.